The summed E-state index contributed by atoms with van der Waals surface area (Å²) in [5.74, 6) is -2.67. The average molecular weight is 481 g/mol. The molecule has 0 unspecified atom stereocenters. The zero-order valence-electron chi connectivity index (χ0n) is 18.4. The molecule has 4 rings (SSSR count). The van der Waals surface area contributed by atoms with Crippen LogP contribution in [0.2, 0.25) is 0 Å². The van der Waals surface area contributed by atoms with Crippen LogP contribution in [0, 0.1) is 5.92 Å². The van der Waals surface area contributed by atoms with Crippen LogP contribution in [0.4, 0.5) is 8.78 Å². The highest BCUT2D eigenvalue weighted by Gasteiger charge is 2.28. The number of hydrogen-bond donors (Lipinski definition) is 2. The summed E-state index contributed by atoms with van der Waals surface area (Å²) in [5.41, 5.74) is 0.863. The zero-order valence-corrected chi connectivity index (χ0v) is 19.2. The summed E-state index contributed by atoms with van der Waals surface area (Å²) in [4.78, 5) is 13.5. The van der Waals surface area contributed by atoms with Gasteiger partial charge >= 0.3 is 0 Å². The van der Waals surface area contributed by atoms with E-state index in [0.717, 1.165) is 43.2 Å². The van der Waals surface area contributed by atoms with Gasteiger partial charge in [-0.25, -0.2) is 8.42 Å². The van der Waals surface area contributed by atoms with Crippen molar-refractivity contribution in [1.29, 1.82) is 0 Å². The highest BCUT2D eigenvalue weighted by Crippen LogP contribution is 2.28. The Morgan fingerprint density at radius 1 is 1.21 bits per heavy atom. The molecule has 3 heterocycles. The Bertz CT molecular complexity index is 1280. The summed E-state index contributed by atoms with van der Waals surface area (Å²) in [6.07, 6.45) is 4.23. The number of sulfone groups is 1. The summed E-state index contributed by atoms with van der Waals surface area (Å²) < 4.78 is 57.5. The molecule has 1 aliphatic heterocycles. The number of rotatable bonds is 7. The maximum Gasteiger partial charge on any atom is 0.286 e. The molecule has 0 bridgehead atoms. The molecule has 1 aliphatic rings. The number of aromatic amines is 2. The summed E-state index contributed by atoms with van der Waals surface area (Å²) in [5, 5.41) is 9.17. The quantitative estimate of drug-likeness (QED) is 0.538. The van der Waals surface area contributed by atoms with Gasteiger partial charge in [0.1, 0.15) is 5.69 Å². The van der Waals surface area contributed by atoms with Crippen molar-refractivity contribution >= 4 is 9.84 Å². The molecular formula is C22H26F2N4O4S. The molecule has 0 aliphatic carbocycles. The summed E-state index contributed by atoms with van der Waals surface area (Å²) >= 11 is 0. The Kier molecular flexibility index (Phi) is 6.28. The maximum absolute atomic E-state index is 13.7. The van der Waals surface area contributed by atoms with Crippen LogP contribution in [0.3, 0.4) is 0 Å². The number of aromatic nitrogens is 4. The predicted octanol–water partition coefficient (Wildman–Crippen LogP) is 3.43. The lowest BCUT2D eigenvalue weighted by atomic mass is 9.92. The molecule has 8 nitrogen and oxygen atoms in total. The van der Waals surface area contributed by atoms with Gasteiger partial charge in [0.25, 0.3) is 11.5 Å². The third-order valence-electron chi connectivity index (χ3n) is 5.97. The number of alkyl halides is 2. The molecule has 11 heteroatoms. The Labute approximate surface area is 189 Å². The number of ether oxygens (including phenoxy) is 1. The molecule has 0 saturated carbocycles. The lowest BCUT2D eigenvalue weighted by Crippen LogP contribution is -2.20. The van der Waals surface area contributed by atoms with Crippen LogP contribution in [0.25, 0.3) is 17.1 Å². The van der Waals surface area contributed by atoms with E-state index in [1.807, 2.05) is 0 Å². The van der Waals surface area contributed by atoms with Gasteiger partial charge in [-0.3, -0.25) is 15.0 Å². The van der Waals surface area contributed by atoms with Gasteiger partial charge in [0.05, 0.1) is 10.6 Å². The topological polar surface area (TPSA) is 110 Å². The summed E-state index contributed by atoms with van der Waals surface area (Å²) in [7, 11) is -3.37. The second-order valence-electron chi connectivity index (χ2n) is 8.53. The number of H-pyrrole nitrogens is 2. The Morgan fingerprint density at radius 3 is 2.45 bits per heavy atom. The van der Waals surface area contributed by atoms with Crippen molar-refractivity contribution in [2.24, 2.45) is 5.92 Å². The second kappa shape index (κ2) is 8.86. The van der Waals surface area contributed by atoms with E-state index >= 15 is 0 Å². The molecule has 2 N–H and O–H groups in total. The highest BCUT2D eigenvalue weighted by atomic mass is 32.2. The van der Waals surface area contributed by atoms with Gasteiger partial charge in [-0.2, -0.15) is 18.6 Å². The molecule has 3 aromatic rings. The third kappa shape index (κ3) is 5.09. The minimum absolute atomic E-state index is 0.0304. The predicted molar refractivity (Wildman–Crippen MR) is 119 cm³/mol. The summed E-state index contributed by atoms with van der Waals surface area (Å²) in [6, 6.07) is 7.34. The molecule has 0 amide bonds. The molecule has 1 aromatic carbocycles. The fraction of sp³-hybridized carbons (Fsp3) is 0.455. The van der Waals surface area contributed by atoms with E-state index < -0.39 is 21.5 Å². The Morgan fingerprint density at radius 2 is 1.88 bits per heavy atom. The molecule has 2 aromatic heterocycles. The van der Waals surface area contributed by atoms with E-state index in [0.29, 0.717) is 42.4 Å². The van der Waals surface area contributed by atoms with Gasteiger partial charge < -0.3 is 4.74 Å². The SMILES string of the molecule is CC(F)(F)c1cc(-n2[nH]c(-c3ccc(S(C)(=O)=O)cc3)c(CCC3CCOCC3)c2=O)n[nH]1. The van der Waals surface area contributed by atoms with E-state index in [4.69, 9.17) is 4.74 Å². The van der Waals surface area contributed by atoms with Crippen LogP contribution >= 0.6 is 0 Å². The maximum atomic E-state index is 13.7. The normalized spacial score (nSPS) is 15.8. The first-order valence-corrected chi connectivity index (χ1v) is 12.6. The average Bonchev–Trinajstić information content (AvgIpc) is 3.37. The minimum atomic E-state index is -3.37. The van der Waals surface area contributed by atoms with Crippen LogP contribution < -0.4 is 5.56 Å². The van der Waals surface area contributed by atoms with Crippen molar-refractivity contribution in [1.82, 2.24) is 20.0 Å². The van der Waals surface area contributed by atoms with Crippen LogP contribution in [0.15, 0.2) is 40.0 Å². The molecule has 0 radical (unpaired) electrons. The van der Waals surface area contributed by atoms with E-state index in [-0.39, 0.29) is 16.3 Å². The lowest BCUT2D eigenvalue weighted by molar-refractivity contribution is 0.0127. The fourth-order valence-corrected chi connectivity index (χ4v) is 4.64. The van der Waals surface area contributed by atoms with Crippen molar-refractivity contribution in [3.05, 3.63) is 51.9 Å². The van der Waals surface area contributed by atoms with E-state index in [2.05, 4.69) is 15.3 Å². The molecular weight excluding hydrogens is 454 g/mol. The lowest BCUT2D eigenvalue weighted by Gasteiger charge is -2.21. The number of hydrogen-bond acceptors (Lipinski definition) is 5. The zero-order chi connectivity index (χ0) is 23.8. The van der Waals surface area contributed by atoms with Gasteiger partial charge in [0.15, 0.2) is 15.7 Å². The standard InChI is InChI=1S/C22H26F2N4O4S/c1-22(23,24)18-13-19(26-25-18)28-21(29)17(8-3-14-9-11-32-12-10-14)20(27-28)15-4-6-16(7-5-15)33(2,30)31/h4-7,13-14,27H,3,8-12H2,1-2H3,(H,25,26). The Balaban J connectivity index is 1.74. The van der Waals surface area contributed by atoms with Gasteiger partial charge in [0, 0.05) is 38.0 Å². The first-order valence-electron chi connectivity index (χ1n) is 10.7. The summed E-state index contributed by atoms with van der Waals surface area (Å²) in [6.45, 7) is 2.14. The van der Waals surface area contributed by atoms with E-state index in [9.17, 15) is 22.0 Å². The number of benzene rings is 1. The minimum Gasteiger partial charge on any atom is -0.381 e. The number of nitrogens with zero attached hydrogens (tertiary/aromatic N) is 2. The van der Waals surface area contributed by atoms with Crippen LogP contribution in [0.5, 0.6) is 0 Å². The second-order valence-corrected chi connectivity index (χ2v) is 10.5. The van der Waals surface area contributed by atoms with Crippen molar-refractivity contribution in [2.45, 2.75) is 43.4 Å². The fourth-order valence-electron chi connectivity index (χ4n) is 4.01. The van der Waals surface area contributed by atoms with Gasteiger partial charge in [-0.05, 0) is 49.3 Å². The molecule has 33 heavy (non-hydrogen) atoms. The van der Waals surface area contributed by atoms with Gasteiger partial charge in [-0.1, -0.05) is 12.1 Å². The third-order valence-corrected chi connectivity index (χ3v) is 7.10. The smallest absolute Gasteiger partial charge is 0.286 e. The molecule has 0 atom stereocenters. The van der Waals surface area contributed by atoms with Crippen LogP contribution in [0.1, 0.15) is 37.4 Å². The van der Waals surface area contributed by atoms with E-state index in [1.54, 1.807) is 12.1 Å². The number of halogens is 2. The van der Waals surface area contributed by atoms with Crippen molar-refractivity contribution in [2.75, 3.05) is 19.5 Å². The monoisotopic (exact) mass is 480 g/mol. The van der Waals surface area contributed by atoms with Crippen LogP contribution in [-0.2, 0) is 26.9 Å². The molecule has 1 saturated heterocycles. The first kappa shape index (κ1) is 23.4. The van der Waals surface area contributed by atoms with Gasteiger partial charge in [0.2, 0.25) is 0 Å². The molecule has 0 spiro atoms. The van der Waals surface area contributed by atoms with Crippen molar-refractivity contribution < 1.29 is 21.9 Å². The van der Waals surface area contributed by atoms with Crippen LogP contribution in [-0.4, -0.2) is 47.9 Å². The van der Waals surface area contributed by atoms with E-state index in [1.165, 1.54) is 12.1 Å². The highest BCUT2D eigenvalue weighted by molar-refractivity contribution is 7.90. The van der Waals surface area contributed by atoms with Crippen molar-refractivity contribution in [3.63, 3.8) is 0 Å². The van der Waals surface area contributed by atoms with Crippen molar-refractivity contribution in [3.8, 4) is 17.1 Å². The number of nitrogens with one attached hydrogen (secondary N) is 2. The Hall–Kier alpha value is -2.79. The largest absolute Gasteiger partial charge is 0.381 e. The molecule has 1 fully saturated rings. The molecule has 178 valence electrons. The first-order chi connectivity index (χ1) is 15.5. The van der Waals surface area contributed by atoms with Gasteiger partial charge in [-0.15, -0.1) is 0 Å².